The number of oxazole rings is 1. The van der Waals surface area contributed by atoms with Gasteiger partial charge in [0.05, 0.1) is 12.4 Å². The first-order valence-electron chi connectivity index (χ1n) is 4.74. The van der Waals surface area contributed by atoms with Crippen LogP contribution in [0.2, 0.25) is 0 Å². The van der Waals surface area contributed by atoms with Gasteiger partial charge in [0, 0.05) is 5.56 Å². The van der Waals surface area contributed by atoms with E-state index in [9.17, 15) is 0 Å². The van der Waals surface area contributed by atoms with Gasteiger partial charge in [-0.15, -0.1) is 0 Å². The van der Waals surface area contributed by atoms with E-state index in [1.165, 1.54) is 12.7 Å². The molecule has 0 radical (unpaired) electrons. The summed E-state index contributed by atoms with van der Waals surface area (Å²) in [5.74, 6) is 0. The Labute approximate surface area is 92.5 Å². The van der Waals surface area contributed by atoms with E-state index in [1.54, 1.807) is 18.7 Å². The topological polar surface area (TPSA) is 52.1 Å². The molecular formula is C12H10N2O2. The fourth-order valence-electron chi connectivity index (χ4n) is 1.15. The van der Waals surface area contributed by atoms with E-state index in [4.69, 9.17) is 4.52 Å². The lowest BCUT2D eigenvalue weighted by atomic mass is 10.1. The molecule has 0 saturated heterocycles. The van der Waals surface area contributed by atoms with E-state index in [0.29, 0.717) is 0 Å². The van der Waals surface area contributed by atoms with Crippen molar-refractivity contribution in [1.82, 2.24) is 10.1 Å². The van der Waals surface area contributed by atoms with Crippen LogP contribution in [0.3, 0.4) is 0 Å². The average Bonchev–Trinajstić information content (AvgIpc) is 3.07. The Morgan fingerprint density at radius 1 is 1.00 bits per heavy atom. The van der Waals surface area contributed by atoms with Crippen LogP contribution in [0.1, 0.15) is 0 Å². The summed E-state index contributed by atoms with van der Waals surface area (Å²) in [4.78, 5) is 3.56. The van der Waals surface area contributed by atoms with Gasteiger partial charge in [0.25, 0.3) is 0 Å². The summed E-state index contributed by atoms with van der Waals surface area (Å²) in [5, 5.41) is 3.62. The standard InChI is InChI=1S/C9H7NO.C3H3NO/c1-2-4-8(5-3-1)9-6-10-11-7-9;1-2-5-3-4-1/h1-7H;1-3H. The summed E-state index contributed by atoms with van der Waals surface area (Å²) < 4.78 is 9.19. The maximum Gasteiger partial charge on any atom is 0.180 e. The van der Waals surface area contributed by atoms with Crippen molar-refractivity contribution in [2.75, 3.05) is 0 Å². The minimum absolute atomic E-state index is 1.02. The molecule has 0 saturated carbocycles. The Hall–Kier alpha value is -2.36. The molecule has 0 fully saturated rings. The summed E-state index contributed by atoms with van der Waals surface area (Å²) in [6, 6.07) is 10.0. The quantitative estimate of drug-likeness (QED) is 0.624. The zero-order chi connectivity index (χ0) is 11.1. The summed E-state index contributed by atoms with van der Waals surface area (Å²) in [5.41, 5.74) is 2.15. The Balaban J connectivity index is 0.000000162. The highest BCUT2D eigenvalue weighted by Crippen LogP contribution is 2.16. The molecule has 3 aromatic rings. The lowest BCUT2D eigenvalue weighted by molar-refractivity contribution is 0.420. The van der Waals surface area contributed by atoms with Crippen molar-refractivity contribution in [1.29, 1.82) is 0 Å². The zero-order valence-corrected chi connectivity index (χ0v) is 8.48. The molecule has 4 nitrogen and oxygen atoms in total. The van der Waals surface area contributed by atoms with Gasteiger partial charge >= 0.3 is 0 Å². The van der Waals surface area contributed by atoms with Crippen molar-refractivity contribution in [3.05, 3.63) is 61.6 Å². The third kappa shape index (κ3) is 2.81. The Bertz CT molecular complexity index is 458. The summed E-state index contributed by atoms with van der Waals surface area (Å²) in [6.07, 6.45) is 7.81. The van der Waals surface area contributed by atoms with E-state index in [1.807, 2.05) is 30.3 Å². The highest BCUT2D eigenvalue weighted by molar-refractivity contribution is 5.60. The molecule has 4 heteroatoms. The largest absolute Gasteiger partial charge is 0.452 e. The van der Waals surface area contributed by atoms with Crippen molar-refractivity contribution in [2.45, 2.75) is 0 Å². The molecule has 0 N–H and O–H groups in total. The molecule has 16 heavy (non-hydrogen) atoms. The summed E-state index contributed by atoms with van der Waals surface area (Å²) in [7, 11) is 0. The fraction of sp³-hybridized carbons (Fsp3) is 0. The number of aromatic nitrogens is 2. The highest BCUT2D eigenvalue weighted by Gasteiger charge is 1.96. The van der Waals surface area contributed by atoms with E-state index in [0.717, 1.165) is 11.1 Å². The van der Waals surface area contributed by atoms with Crippen molar-refractivity contribution in [2.24, 2.45) is 0 Å². The normalized spacial score (nSPS) is 9.25. The van der Waals surface area contributed by atoms with Gasteiger partial charge in [-0.3, -0.25) is 0 Å². The molecule has 0 aliphatic heterocycles. The van der Waals surface area contributed by atoms with Crippen molar-refractivity contribution in [3.8, 4) is 11.1 Å². The Morgan fingerprint density at radius 3 is 2.38 bits per heavy atom. The lowest BCUT2D eigenvalue weighted by Crippen LogP contribution is -1.69. The van der Waals surface area contributed by atoms with Crippen LogP contribution in [-0.2, 0) is 0 Å². The zero-order valence-electron chi connectivity index (χ0n) is 8.48. The van der Waals surface area contributed by atoms with Crippen LogP contribution >= 0.6 is 0 Å². The van der Waals surface area contributed by atoms with Gasteiger partial charge in [-0.2, -0.15) is 0 Å². The monoisotopic (exact) mass is 214 g/mol. The molecule has 80 valence electrons. The van der Waals surface area contributed by atoms with Gasteiger partial charge in [0.2, 0.25) is 0 Å². The molecule has 0 aliphatic carbocycles. The van der Waals surface area contributed by atoms with Gasteiger partial charge < -0.3 is 8.94 Å². The predicted molar refractivity (Wildman–Crippen MR) is 58.4 cm³/mol. The maximum atomic E-state index is 4.72. The summed E-state index contributed by atoms with van der Waals surface area (Å²) in [6.45, 7) is 0. The highest BCUT2D eigenvalue weighted by atomic mass is 16.5. The van der Waals surface area contributed by atoms with Gasteiger partial charge in [-0.05, 0) is 5.56 Å². The van der Waals surface area contributed by atoms with Crippen LogP contribution in [0.15, 0.2) is 70.6 Å². The van der Waals surface area contributed by atoms with E-state index >= 15 is 0 Å². The average molecular weight is 214 g/mol. The van der Waals surface area contributed by atoms with E-state index in [-0.39, 0.29) is 0 Å². The van der Waals surface area contributed by atoms with Crippen LogP contribution in [0.4, 0.5) is 0 Å². The molecule has 0 unspecified atom stereocenters. The Kier molecular flexibility index (Phi) is 3.50. The number of rotatable bonds is 1. The molecule has 1 aromatic carbocycles. The van der Waals surface area contributed by atoms with Crippen LogP contribution in [0, 0.1) is 0 Å². The molecule has 2 heterocycles. The second kappa shape index (κ2) is 5.50. The molecule has 0 atom stereocenters. The summed E-state index contributed by atoms with van der Waals surface area (Å²) >= 11 is 0. The number of hydrogen-bond acceptors (Lipinski definition) is 4. The lowest BCUT2D eigenvalue weighted by Gasteiger charge is -1.91. The van der Waals surface area contributed by atoms with Crippen LogP contribution in [0.25, 0.3) is 11.1 Å². The van der Waals surface area contributed by atoms with E-state index < -0.39 is 0 Å². The molecule has 0 spiro atoms. The number of hydrogen-bond donors (Lipinski definition) is 0. The smallest absolute Gasteiger partial charge is 0.180 e. The first-order chi connectivity index (χ1) is 7.97. The maximum absolute atomic E-state index is 4.72. The number of nitrogens with zero attached hydrogens (tertiary/aromatic N) is 2. The first-order valence-corrected chi connectivity index (χ1v) is 4.74. The second-order valence-electron chi connectivity index (χ2n) is 2.95. The van der Waals surface area contributed by atoms with E-state index in [2.05, 4.69) is 14.6 Å². The molecular weight excluding hydrogens is 204 g/mol. The van der Waals surface area contributed by atoms with Crippen LogP contribution in [0.5, 0.6) is 0 Å². The van der Waals surface area contributed by atoms with Gasteiger partial charge in [-0.25, -0.2) is 4.98 Å². The van der Waals surface area contributed by atoms with Crippen molar-refractivity contribution in [3.63, 3.8) is 0 Å². The molecule has 3 rings (SSSR count). The predicted octanol–water partition coefficient (Wildman–Crippen LogP) is 3.02. The minimum atomic E-state index is 1.02. The Morgan fingerprint density at radius 2 is 1.88 bits per heavy atom. The van der Waals surface area contributed by atoms with Crippen molar-refractivity contribution < 1.29 is 8.94 Å². The minimum Gasteiger partial charge on any atom is -0.452 e. The van der Waals surface area contributed by atoms with Crippen LogP contribution < -0.4 is 0 Å². The fourth-order valence-corrected chi connectivity index (χ4v) is 1.15. The van der Waals surface area contributed by atoms with Gasteiger partial charge in [-0.1, -0.05) is 35.5 Å². The third-order valence-electron chi connectivity index (χ3n) is 1.89. The molecule has 2 aromatic heterocycles. The van der Waals surface area contributed by atoms with Gasteiger partial charge in [0.15, 0.2) is 6.39 Å². The molecule has 0 amide bonds. The second-order valence-corrected chi connectivity index (χ2v) is 2.95. The third-order valence-corrected chi connectivity index (χ3v) is 1.89. The molecule has 0 bridgehead atoms. The SMILES string of the molecule is c1ccc(-c2cnoc2)cc1.c1cocn1. The van der Waals surface area contributed by atoms with Crippen molar-refractivity contribution >= 4 is 0 Å². The van der Waals surface area contributed by atoms with Gasteiger partial charge in [0.1, 0.15) is 12.5 Å². The molecule has 0 aliphatic rings. The number of benzene rings is 1. The first kappa shape index (κ1) is 10.2. The van der Waals surface area contributed by atoms with Crippen LogP contribution in [-0.4, -0.2) is 10.1 Å².